The Morgan fingerprint density at radius 2 is 2.28 bits per heavy atom. The lowest BCUT2D eigenvalue weighted by atomic mass is 10.1. The fourth-order valence-electron chi connectivity index (χ4n) is 2.22. The van der Waals surface area contributed by atoms with Gasteiger partial charge in [0, 0.05) is 5.92 Å². The fraction of sp³-hybridized carbons (Fsp3) is 0.364. The molecule has 1 aliphatic carbocycles. The van der Waals surface area contributed by atoms with Crippen LogP contribution >= 0.6 is 0 Å². The maximum Gasteiger partial charge on any atom is 0.244 e. The summed E-state index contributed by atoms with van der Waals surface area (Å²) in [5, 5.41) is 19.9. The average Bonchev–Trinajstić information content (AvgIpc) is 2.96. The van der Waals surface area contributed by atoms with E-state index in [4.69, 9.17) is 5.73 Å². The molecule has 94 valence electrons. The second-order valence-electron chi connectivity index (χ2n) is 4.31. The summed E-state index contributed by atoms with van der Waals surface area (Å²) in [5.41, 5.74) is 6.07. The van der Waals surface area contributed by atoms with Crippen LogP contribution in [0.5, 0.6) is 5.88 Å². The molecular weight excluding hydrogens is 234 g/mol. The van der Waals surface area contributed by atoms with E-state index in [0.717, 1.165) is 12.8 Å². The van der Waals surface area contributed by atoms with E-state index in [0.29, 0.717) is 5.65 Å². The lowest BCUT2D eigenvalue weighted by Crippen LogP contribution is -2.16. The van der Waals surface area contributed by atoms with E-state index < -0.39 is 6.23 Å². The van der Waals surface area contributed by atoms with Gasteiger partial charge in [-0.2, -0.15) is 9.97 Å². The molecule has 1 aliphatic rings. The van der Waals surface area contributed by atoms with Crippen LogP contribution in [-0.4, -0.2) is 29.7 Å². The molecule has 0 amide bonds. The van der Waals surface area contributed by atoms with Gasteiger partial charge in [0.05, 0.1) is 6.33 Å². The summed E-state index contributed by atoms with van der Waals surface area (Å²) in [5.74, 6) is -0.290. The highest BCUT2D eigenvalue weighted by atomic mass is 16.3. The molecule has 0 aromatic carbocycles. The van der Waals surface area contributed by atoms with Crippen LogP contribution in [0.4, 0.5) is 5.95 Å². The second kappa shape index (κ2) is 3.95. The van der Waals surface area contributed by atoms with Gasteiger partial charge < -0.3 is 15.9 Å². The third kappa shape index (κ3) is 1.60. The molecule has 7 heteroatoms. The van der Waals surface area contributed by atoms with Gasteiger partial charge in [-0.25, -0.2) is 4.98 Å². The van der Waals surface area contributed by atoms with Crippen molar-refractivity contribution in [3.05, 3.63) is 18.5 Å². The van der Waals surface area contributed by atoms with Crippen molar-refractivity contribution in [2.45, 2.75) is 19.1 Å². The molecular formula is C11H13N5O2. The monoisotopic (exact) mass is 247 g/mol. The summed E-state index contributed by atoms with van der Waals surface area (Å²) in [7, 11) is 0. The minimum Gasteiger partial charge on any atom is -0.492 e. The van der Waals surface area contributed by atoms with Crippen molar-refractivity contribution in [2.24, 2.45) is 5.92 Å². The van der Waals surface area contributed by atoms with Gasteiger partial charge in [0.2, 0.25) is 11.8 Å². The van der Waals surface area contributed by atoms with E-state index in [2.05, 4.69) is 15.0 Å². The van der Waals surface area contributed by atoms with Gasteiger partial charge in [-0.3, -0.25) is 4.57 Å². The number of aliphatic hydroxyl groups is 1. The van der Waals surface area contributed by atoms with Crippen molar-refractivity contribution in [2.75, 3.05) is 5.73 Å². The van der Waals surface area contributed by atoms with Gasteiger partial charge in [-0.1, -0.05) is 12.2 Å². The second-order valence-corrected chi connectivity index (χ2v) is 4.31. The quantitative estimate of drug-likeness (QED) is 0.669. The first kappa shape index (κ1) is 11.0. The summed E-state index contributed by atoms with van der Waals surface area (Å²) in [6.07, 6.45) is 6.52. The van der Waals surface area contributed by atoms with Gasteiger partial charge >= 0.3 is 0 Å². The molecule has 2 unspecified atom stereocenters. The van der Waals surface area contributed by atoms with Crippen molar-refractivity contribution in [3.63, 3.8) is 0 Å². The third-order valence-electron chi connectivity index (χ3n) is 3.14. The number of hydrogen-bond acceptors (Lipinski definition) is 6. The molecule has 3 rings (SSSR count). The fourth-order valence-corrected chi connectivity index (χ4v) is 2.22. The summed E-state index contributed by atoms with van der Waals surface area (Å²) < 4.78 is 1.51. The summed E-state index contributed by atoms with van der Waals surface area (Å²) in [6.45, 7) is 0. The lowest BCUT2D eigenvalue weighted by Gasteiger charge is -2.18. The van der Waals surface area contributed by atoms with Crippen molar-refractivity contribution in [1.82, 2.24) is 19.5 Å². The average molecular weight is 247 g/mol. The first-order valence-corrected chi connectivity index (χ1v) is 5.70. The van der Waals surface area contributed by atoms with E-state index >= 15 is 0 Å². The molecule has 4 N–H and O–H groups in total. The molecule has 2 heterocycles. The number of aromatic hydroxyl groups is 1. The number of nitrogens with two attached hydrogens (primary N) is 1. The number of rotatable bonds is 2. The number of nitrogens with zero attached hydrogens (tertiary/aromatic N) is 4. The topological polar surface area (TPSA) is 110 Å². The minimum atomic E-state index is -0.762. The van der Waals surface area contributed by atoms with Crippen LogP contribution in [-0.2, 0) is 0 Å². The number of imidazole rings is 1. The Bertz CT molecular complexity index is 621. The minimum absolute atomic E-state index is 0.0285. The first-order chi connectivity index (χ1) is 8.66. The Morgan fingerprint density at radius 1 is 1.44 bits per heavy atom. The number of aliphatic hydroxyl groups excluding tert-OH is 1. The molecule has 0 spiro atoms. The van der Waals surface area contributed by atoms with E-state index in [1.165, 1.54) is 10.9 Å². The molecule has 7 nitrogen and oxygen atoms in total. The van der Waals surface area contributed by atoms with Gasteiger partial charge in [-0.05, 0) is 12.8 Å². The van der Waals surface area contributed by atoms with Gasteiger partial charge in [0.15, 0.2) is 11.2 Å². The molecule has 18 heavy (non-hydrogen) atoms. The first-order valence-electron chi connectivity index (χ1n) is 5.70. The zero-order chi connectivity index (χ0) is 12.7. The maximum absolute atomic E-state index is 10.3. The van der Waals surface area contributed by atoms with Crippen LogP contribution in [0, 0.1) is 5.92 Å². The van der Waals surface area contributed by atoms with Crippen molar-refractivity contribution >= 4 is 17.1 Å². The van der Waals surface area contributed by atoms with Crippen LogP contribution in [0.3, 0.4) is 0 Å². The highest BCUT2D eigenvalue weighted by molar-refractivity contribution is 5.77. The van der Waals surface area contributed by atoms with Crippen molar-refractivity contribution in [3.8, 4) is 5.88 Å². The maximum atomic E-state index is 10.3. The molecule has 2 aromatic heterocycles. The van der Waals surface area contributed by atoms with E-state index in [1.54, 1.807) is 0 Å². The van der Waals surface area contributed by atoms with Gasteiger partial charge in [-0.15, -0.1) is 0 Å². The Balaban J connectivity index is 2.09. The Hall–Kier alpha value is -2.15. The SMILES string of the molecule is Nc1nc(O)c2ncn(C(O)C3C=CCC3)c2n1. The summed E-state index contributed by atoms with van der Waals surface area (Å²) in [6, 6.07) is 0. The Labute approximate surface area is 103 Å². The number of nitrogen functional groups attached to an aromatic ring is 1. The highest BCUT2D eigenvalue weighted by Crippen LogP contribution is 2.30. The van der Waals surface area contributed by atoms with Crippen LogP contribution < -0.4 is 5.73 Å². The number of allylic oxidation sites excluding steroid dienone is 1. The smallest absolute Gasteiger partial charge is 0.244 e. The molecule has 0 saturated heterocycles. The van der Waals surface area contributed by atoms with Gasteiger partial charge in [0.1, 0.15) is 6.23 Å². The standard InChI is InChI=1S/C11H13N5O2/c12-11-14-8-7(9(17)15-11)13-5-16(8)10(18)6-3-1-2-4-6/h1,3,5-6,10,18H,2,4H2,(H3,12,14,15,17). The number of aromatic nitrogens is 4. The molecule has 0 saturated carbocycles. The van der Waals surface area contributed by atoms with E-state index in [1.807, 2.05) is 12.2 Å². The van der Waals surface area contributed by atoms with Gasteiger partial charge in [0.25, 0.3) is 0 Å². The molecule has 0 fully saturated rings. The summed E-state index contributed by atoms with van der Waals surface area (Å²) >= 11 is 0. The number of hydrogen-bond donors (Lipinski definition) is 3. The number of anilines is 1. The van der Waals surface area contributed by atoms with E-state index in [-0.39, 0.29) is 23.3 Å². The largest absolute Gasteiger partial charge is 0.492 e. The normalized spacial score (nSPS) is 20.6. The summed E-state index contributed by atoms with van der Waals surface area (Å²) in [4.78, 5) is 11.6. The Kier molecular flexibility index (Phi) is 2.41. The van der Waals surface area contributed by atoms with Crippen LogP contribution in [0.1, 0.15) is 19.1 Å². The predicted molar refractivity (Wildman–Crippen MR) is 64.5 cm³/mol. The molecule has 0 radical (unpaired) electrons. The van der Waals surface area contributed by atoms with E-state index in [9.17, 15) is 10.2 Å². The molecule has 0 bridgehead atoms. The van der Waals surface area contributed by atoms with Crippen LogP contribution in [0.15, 0.2) is 18.5 Å². The molecule has 0 aliphatic heterocycles. The Morgan fingerprint density at radius 3 is 3.00 bits per heavy atom. The van der Waals surface area contributed by atoms with Crippen LogP contribution in [0.2, 0.25) is 0 Å². The predicted octanol–water partition coefficient (Wildman–Crippen LogP) is 0.571. The number of fused-ring (bicyclic) bond motifs is 1. The van der Waals surface area contributed by atoms with Crippen molar-refractivity contribution < 1.29 is 10.2 Å². The third-order valence-corrected chi connectivity index (χ3v) is 3.14. The van der Waals surface area contributed by atoms with Crippen LogP contribution in [0.25, 0.3) is 11.2 Å². The molecule has 2 aromatic rings. The molecule has 2 atom stereocenters. The highest BCUT2D eigenvalue weighted by Gasteiger charge is 2.23. The lowest BCUT2D eigenvalue weighted by molar-refractivity contribution is 0.0643. The van der Waals surface area contributed by atoms with Crippen molar-refractivity contribution in [1.29, 1.82) is 0 Å². The zero-order valence-corrected chi connectivity index (χ0v) is 9.56. The zero-order valence-electron chi connectivity index (χ0n) is 9.56.